The lowest BCUT2D eigenvalue weighted by Gasteiger charge is -2.10. The van der Waals surface area contributed by atoms with E-state index in [1.807, 2.05) is 31.4 Å². The summed E-state index contributed by atoms with van der Waals surface area (Å²) in [4.78, 5) is 25.5. The van der Waals surface area contributed by atoms with Crippen molar-refractivity contribution in [2.45, 2.75) is 45.5 Å². The van der Waals surface area contributed by atoms with E-state index in [0.717, 1.165) is 16.9 Å². The van der Waals surface area contributed by atoms with Crippen molar-refractivity contribution in [3.8, 4) is 5.75 Å². The number of nitrogens with one attached hydrogen (secondary N) is 1. The van der Waals surface area contributed by atoms with Gasteiger partial charge < -0.3 is 19.4 Å². The molecule has 0 aliphatic carbocycles. The largest absolute Gasteiger partial charge is 0.486 e. The lowest BCUT2D eigenvalue weighted by molar-refractivity contribution is -0.113. The van der Waals surface area contributed by atoms with E-state index in [-0.39, 0.29) is 18.3 Å². The van der Waals surface area contributed by atoms with Gasteiger partial charge in [0, 0.05) is 16.4 Å². The number of thioether (sulfide) groups is 1. The van der Waals surface area contributed by atoms with Crippen LogP contribution in [0, 0.1) is 6.92 Å². The lowest BCUT2D eigenvalue weighted by Crippen LogP contribution is -2.16. The smallest absolute Gasteiger partial charge is 0.340 e. The third kappa shape index (κ3) is 6.27. The summed E-state index contributed by atoms with van der Waals surface area (Å²) in [6, 6.07) is 7.21. The number of aromatic nitrogens is 3. The van der Waals surface area contributed by atoms with Crippen LogP contribution in [0.1, 0.15) is 40.5 Å². The molecule has 0 radical (unpaired) electrons. The number of aryl methyl sites for hydroxylation is 2. The molecule has 2 heterocycles. The van der Waals surface area contributed by atoms with Crippen molar-refractivity contribution in [3.05, 3.63) is 51.1 Å². The van der Waals surface area contributed by atoms with Crippen molar-refractivity contribution in [1.29, 1.82) is 0 Å². The number of methoxy groups -OCH3 is 1. The molecule has 0 saturated carbocycles. The van der Waals surface area contributed by atoms with Gasteiger partial charge >= 0.3 is 5.97 Å². The van der Waals surface area contributed by atoms with Crippen molar-refractivity contribution in [2.75, 3.05) is 18.2 Å². The Labute approximate surface area is 205 Å². The zero-order valence-corrected chi connectivity index (χ0v) is 21.2. The maximum atomic E-state index is 12.6. The molecule has 1 N–H and O–H groups in total. The van der Waals surface area contributed by atoms with Gasteiger partial charge in [0.1, 0.15) is 17.4 Å². The minimum Gasteiger partial charge on any atom is -0.486 e. The number of esters is 1. The lowest BCUT2D eigenvalue weighted by atomic mass is 10.2. The van der Waals surface area contributed by atoms with Crippen LogP contribution in [0.3, 0.4) is 0 Å². The van der Waals surface area contributed by atoms with Gasteiger partial charge in [-0.1, -0.05) is 30.3 Å². The number of halogens is 1. The Morgan fingerprint density at radius 1 is 1.24 bits per heavy atom. The first kappa shape index (κ1) is 25.1. The Hall–Kier alpha value is -2.56. The van der Waals surface area contributed by atoms with Crippen LogP contribution in [0.15, 0.2) is 29.4 Å². The van der Waals surface area contributed by atoms with E-state index in [0.29, 0.717) is 38.9 Å². The predicted molar refractivity (Wildman–Crippen MR) is 131 cm³/mol. The molecular formula is C22H25ClN4O4S2. The highest BCUT2D eigenvalue weighted by Gasteiger charge is 2.19. The molecule has 8 nitrogen and oxygen atoms in total. The van der Waals surface area contributed by atoms with Gasteiger partial charge in [-0.3, -0.25) is 4.79 Å². The van der Waals surface area contributed by atoms with E-state index in [1.54, 1.807) is 18.2 Å². The molecule has 11 heteroatoms. The third-order valence-corrected chi connectivity index (χ3v) is 7.31. The molecule has 3 rings (SSSR count). The topological polar surface area (TPSA) is 95.3 Å². The van der Waals surface area contributed by atoms with Gasteiger partial charge in [-0.05, 0) is 50.1 Å². The molecule has 3 aromatic rings. The molecule has 33 heavy (non-hydrogen) atoms. The van der Waals surface area contributed by atoms with E-state index < -0.39 is 5.97 Å². The number of hydrogen-bond donors (Lipinski definition) is 1. The maximum absolute atomic E-state index is 12.6. The zero-order valence-electron chi connectivity index (χ0n) is 18.8. The standard InChI is InChI=1S/C22H25ClN4O4S2/c1-5-15-10-16(21(29)30-4)20(33-15)24-19(28)12-32-22-26-25-18(27(22)6-2)11-31-14-7-8-17(23)13(3)9-14/h7-10H,5-6,11-12H2,1-4H3,(H,24,28). The number of nitrogens with zero attached hydrogens (tertiary/aromatic N) is 3. The van der Waals surface area contributed by atoms with Gasteiger partial charge in [-0.2, -0.15) is 0 Å². The van der Waals surface area contributed by atoms with Crippen molar-refractivity contribution in [2.24, 2.45) is 0 Å². The third-order valence-electron chi connectivity index (χ3n) is 4.73. The molecule has 2 aromatic heterocycles. The Morgan fingerprint density at radius 2 is 2.03 bits per heavy atom. The molecule has 0 saturated heterocycles. The van der Waals surface area contributed by atoms with Crippen molar-refractivity contribution < 1.29 is 19.1 Å². The first-order valence-corrected chi connectivity index (χ1v) is 12.5. The monoisotopic (exact) mass is 508 g/mol. The molecule has 0 aliphatic heterocycles. The van der Waals surface area contributed by atoms with Crippen LogP contribution in [-0.4, -0.2) is 39.5 Å². The van der Waals surface area contributed by atoms with Crippen LogP contribution >= 0.6 is 34.7 Å². The second-order valence-electron chi connectivity index (χ2n) is 6.98. The van der Waals surface area contributed by atoms with Crippen LogP contribution in [0.2, 0.25) is 5.02 Å². The molecule has 0 bridgehead atoms. The summed E-state index contributed by atoms with van der Waals surface area (Å²) in [5.41, 5.74) is 1.30. The average Bonchev–Trinajstić information content (AvgIpc) is 3.41. The highest BCUT2D eigenvalue weighted by atomic mass is 35.5. The number of ether oxygens (including phenoxy) is 2. The van der Waals surface area contributed by atoms with Gasteiger partial charge in [0.15, 0.2) is 11.0 Å². The molecule has 0 aliphatic rings. The Bertz CT molecular complexity index is 1150. The van der Waals surface area contributed by atoms with Gasteiger partial charge in [0.05, 0.1) is 18.4 Å². The normalized spacial score (nSPS) is 10.8. The van der Waals surface area contributed by atoms with Gasteiger partial charge in [0.2, 0.25) is 5.91 Å². The van der Waals surface area contributed by atoms with Crippen molar-refractivity contribution >= 4 is 51.6 Å². The SMILES string of the molecule is CCc1cc(C(=O)OC)c(NC(=O)CSc2nnc(COc3ccc(Cl)c(C)c3)n2CC)s1. The number of thiophene rings is 1. The number of rotatable bonds is 10. The van der Waals surface area contributed by atoms with Crippen LogP contribution in [0.25, 0.3) is 0 Å². The van der Waals surface area contributed by atoms with E-state index in [9.17, 15) is 9.59 Å². The summed E-state index contributed by atoms with van der Waals surface area (Å²) in [7, 11) is 1.32. The first-order valence-electron chi connectivity index (χ1n) is 10.3. The predicted octanol–water partition coefficient (Wildman–Crippen LogP) is 4.98. The highest BCUT2D eigenvalue weighted by molar-refractivity contribution is 7.99. The van der Waals surface area contributed by atoms with Crippen molar-refractivity contribution in [3.63, 3.8) is 0 Å². The van der Waals surface area contributed by atoms with E-state index in [1.165, 1.54) is 30.2 Å². The van der Waals surface area contributed by atoms with E-state index in [4.69, 9.17) is 21.1 Å². The van der Waals surface area contributed by atoms with E-state index in [2.05, 4.69) is 15.5 Å². The number of carbonyl (C=O) groups excluding carboxylic acids is 2. The number of benzene rings is 1. The van der Waals surface area contributed by atoms with Crippen molar-refractivity contribution in [1.82, 2.24) is 14.8 Å². The average molecular weight is 509 g/mol. The van der Waals surface area contributed by atoms with Crippen LogP contribution < -0.4 is 10.1 Å². The highest BCUT2D eigenvalue weighted by Crippen LogP contribution is 2.30. The maximum Gasteiger partial charge on any atom is 0.340 e. The summed E-state index contributed by atoms with van der Waals surface area (Å²) in [5.74, 6) is 0.761. The summed E-state index contributed by atoms with van der Waals surface area (Å²) < 4.78 is 12.6. The second-order valence-corrected chi connectivity index (χ2v) is 9.47. The number of amides is 1. The fourth-order valence-corrected chi connectivity index (χ4v) is 4.91. The summed E-state index contributed by atoms with van der Waals surface area (Å²) in [5, 5.41) is 13.0. The summed E-state index contributed by atoms with van der Waals surface area (Å²) in [6.45, 7) is 6.75. The van der Waals surface area contributed by atoms with Crippen LogP contribution in [0.4, 0.5) is 5.00 Å². The quantitative estimate of drug-likeness (QED) is 0.305. The minimum atomic E-state index is -0.472. The molecule has 0 spiro atoms. The fourth-order valence-electron chi connectivity index (χ4n) is 2.97. The van der Waals surface area contributed by atoms with Crippen LogP contribution in [-0.2, 0) is 29.1 Å². The molecule has 0 unspecified atom stereocenters. The first-order chi connectivity index (χ1) is 15.9. The van der Waals surface area contributed by atoms with Crippen LogP contribution in [0.5, 0.6) is 5.75 Å². The summed E-state index contributed by atoms with van der Waals surface area (Å²) in [6.07, 6.45) is 0.763. The molecule has 0 fully saturated rings. The zero-order chi connectivity index (χ0) is 24.0. The molecule has 176 valence electrons. The van der Waals surface area contributed by atoms with Gasteiger partial charge in [-0.15, -0.1) is 21.5 Å². The number of carbonyl (C=O) groups is 2. The Kier molecular flexibility index (Phi) is 8.76. The molecular weight excluding hydrogens is 484 g/mol. The second kappa shape index (κ2) is 11.5. The summed E-state index contributed by atoms with van der Waals surface area (Å²) >= 11 is 8.70. The molecule has 1 aromatic carbocycles. The Balaban J connectivity index is 1.62. The van der Waals surface area contributed by atoms with Gasteiger partial charge in [0.25, 0.3) is 0 Å². The number of anilines is 1. The minimum absolute atomic E-state index is 0.120. The Morgan fingerprint density at radius 3 is 2.70 bits per heavy atom. The molecule has 0 atom stereocenters. The van der Waals surface area contributed by atoms with E-state index >= 15 is 0 Å². The van der Waals surface area contributed by atoms with Gasteiger partial charge in [-0.25, -0.2) is 4.79 Å². The molecule has 1 amide bonds. The fraction of sp³-hybridized carbons (Fsp3) is 0.364. The number of hydrogen-bond acceptors (Lipinski definition) is 8.